The second-order valence-corrected chi connectivity index (χ2v) is 6.29. The van der Waals surface area contributed by atoms with Crippen LogP contribution in [0.15, 0.2) is 9.53 Å². The molecule has 9 nitrogen and oxygen atoms in total. The number of rotatable bonds is 7. The van der Waals surface area contributed by atoms with E-state index < -0.39 is 5.97 Å². The van der Waals surface area contributed by atoms with Crippen molar-refractivity contribution in [3.05, 3.63) is 20.9 Å². The predicted octanol–water partition coefficient (Wildman–Crippen LogP) is 1.74. The molecular weight excluding hydrogens is 380 g/mol. The van der Waals surface area contributed by atoms with E-state index in [0.717, 1.165) is 19.3 Å². The van der Waals surface area contributed by atoms with Gasteiger partial charge >= 0.3 is 5.97 Å². The van der Waals surface area contributed by atoms with E-state index in [4.69, 9.17) is 5.11 Å². The molecule has 0 unspecified atom stereocenters. The molecule has 0 saturated heterocycles. The summed E-state index contributed by atoms with van der Waals surface area (Å²) < 4.78 is 3.69. The van der Waals surface area contributed by atoms with Crippen LogP contribution < -0.4 is 5.56 Å². The summed E-state index contributed by atoms with van der Waals surface area (Å²) in [4.78, 5) is 30.8. The molecule has 0 fully saturated rings. The molecule has 3 rings (SSSR count). The third-order valence-corrected chi connectivity index (χ3v) is 4.21. The van der Waals surface area contributed by atoms with Crippen molar-refractivity contribution in [1.29, 1.82) is 0 Å². The maximum absolute atomic E-state index is 12.7. The highest BCUT2D eigenvalue weighted by molar-refractivity contribution is 9.10. The van der Waals surface area contributed by atoms with Crippen molar-refractivity contribution in [2.24, 2.45) is 0 Å². The van der Waals surface area contributed by atoms with Crippen molar-refractivity contribution in [3.8, 4) is 0 Å². The topological polar surface area (TPSA) is 118 Å². The molecule has 0 aliphatic heterocycles. The Morgan fingerprint density at radius 2 is 2.12 bits per heavy atom. The van der Waals surface area contributed by atoms with Gasteiger partial charge in [-0.2, -0.15) is 0 Å². The number of carbonyl (C=O) groups is 1. The molecule has 2 N–H and O–H groups in total. The van der Waals surface area contributed by atoms with Gasteiger partial charge in [0.25, 0.3) is 5.56 Å². The van der Waals surface area contributed by atoms with Crippen LogP contribution in [0.1, 0.15) is 38.4 Å². The molecule has 128 valence electrons. The number of hydrogen-bond acceptors (Lipinski definition) is 5. The summed E-state index contributed by atoms with van der Waals surface area (Å²) in [6.45, 7) is 2.77. The number of H-pyrrole nitrogens is 1. The molecule has 0 atom stereocenters. The summed E-state index contributed by atoms with van der Waals surface area (Å²) in [6.07, 6.45) is 3.07. The van der Waals surface area contributed by atoms with Gasteiger partial charge in [0.15, 0.2) is 15.9 Å². The fourth-order valence-electron chi connectivity index (χ4n) is 2.68. The van der Waals surface area contributed by atoms with Crippen LogP contribution >= 0.6 is 15.9 Å². The smallest absolute Gasteiger partial charge is 0.303 e. The first-order chi connectivity index (χ1) is 11.5. The molecule has 0 aromatic carbocycles. The number of nitrogens with one attached hydrogen (secondary N) is 1. The summed E-state index contributed by atoms with van der Waals surface area (Å²) in [5.41, 5.74) is 0.547. The van der Waals surface area contributed by atoms with Crippen LogP contribution in [0.5, 0.6) is 0 Å². The van der Waals surface area contributed by atoms with E-state index in [1.165, 1.54) is 4.40 Å². The first kappa shape index (κ1) is 16.6. The van der Waals surface area contributed by atoms with Crippen molar-refractivity contribution in [2.75, 3.05) is 0 Å². The molecule has 0 spiro atoms. The van der Waals surface area contributed by atoms with Crippen molar-refractivity contribution in [2.45, 2.75) is 45.6 Å². The van der Waals surface area contributed by atoms with Crippen LogP contribution in [0.4, 0.5) is 0 Å². The number of aromatic nitrogens is 6. The zero-order valence-electron chi connectivity index (χ0n) is 13.1. The van der Waals surface area contributed by atoms with E-state index in [2.05, 4.69) is 43.0 Å². The Kier molecular flexibility index (Phi) is 4.65. The molecule has 0 aliphatic carbocycles. The Labute approximate surface area is 144 Å². The molecule has 3 aromatic rings. The SMILES string of the molecule is CCCCCn1c2nc(Br)[nH]c2c(=O)n2c(CCC(=O)O)nnc12. The fraction of sp³-hybridized carbons (Fsp3) is 0.500. The maximum Gasteiger partial charge on any atom is 0.303 e. The average molecular weight is 397 g/mol. The monoisotopic (exact) mass is 396 g/mol. The fourth-order valence-corrected chi connectivity index (χ4v) is 3.05. The standard InChI is InChI=1S/C14H17BrN6O3/c1-2-3-4-7-20-11-10(16-13(15)17-11)12(24)21-8(5-6-9(22)23)18-19-14(20)21/h2-7H2,1H3,(H,16,17)(H,22,23). The van der Waals surface area contributed by atoms with Gasteiger partial charge in [-0.1, -0.05) is 19.8 Å². The number of aromatic amines is 1. The van der Waals surface area contributed by atoms with Crippen molar-refractivity contribution < 1.29 is 9.90 Å². The number of halogens is 1. The van der Waals surface area contributed by atoms with Crippen LogP contribution in [0, 0.1) is 0 Å². The minimum Gasteiger partial charge on any atom is -0.481 e. The average Bonchev–Trinajstić information content (AvgIpc) is 3.12. The van der Waals surface area contributed by atoms with Crippen LogP contribution in [-0.2, 0) is 17.8 Å². The van der Waals surface area contributed by atoms with E-state index in [-0.39, 0.29) is 18.4 Å². The highest BCUT2D eigenvalue weighted by Gasteiger charge is 2.19. The molecule has 0 amide bonds. The molecule has 24 heavy (non-hydrogen) atoms. The predicted molar refractivity (Wildman–Crippen MR) is 90.1 cm³/mol. The molecule has 10 heteroatoms. The van der Waals surface area contributed by atoms with Gasteiger partial charge in [0.1, 0.15) is 5.82 Å². The first-order valence-corrected chi connectivity index (χ1v) is 8.56. The number of imidazole rings is 1. The number of nitrogens with zero attached hydrogens (tertiary/aromatic N) is 5. The molecule has 0 radical (unpaired) electrons. The number of carboxylic acid groups (broad SMARTS) is 1. The van der Waals surface area contributed by atoms with Crippen molar-refractivity contribution in [3.63, 3.8) is 0 Å². The number of hydrogen-bond donors (Lipinski definition) is 2. The minimum absolute atomic E-state index is 0.110. The second-order valence-electron chi connectivity index (χ2n) is 5.54. The molecule has 0 bridgehead atoms. The largest absolute Gasteiger partial charge is 0.481 e. The van der Waals surface area contributed by atoms with E-state index in [1.54, 1.807) is 0 Å². The third-order valence-electron chi connectivity index (χ3n) is 3.83. The lowest BCUT2D eigenvalue weighted by atomic mass is 10.2. The van der Waals surface area contributed by atoms with Gasteiger partial charge in [-0.15, -0.1) is 10.2 Å². The lowest BCUT2D eigenvalue weighted by molar-refractivity contribution is -0.137. The lowest BCUT2D eigenvalue weighted by Crippen LogP contribution is -2.21. The van der Waals surface area contributed by atoms with Gasteiger partial charge in [-0.3, -0.25) is 14.2 Å². The number of unbranched alkanes of at least 4 members (excludes halogenated alkanes) is 2. The van der Waals surface area contributed by atoms with Crippen molar-refractivity contribution in [1.82, 2.24) is 29.1 Å². The molecule has 0 aliphatic rings. The quantitative estimate of drug-likeness (QED) is 0.463. The molecule has 0 saturated carbocycles. The van der Waals surface area contributed by atoms with Gasteiger partial charge in [0, 0.05) is 13.0 Å². The van der Waals surface area contributed by atoms with Crippen LogP contribution in [0.3, 0.4) is 0 Å². The summed E-state index contributed by atoms with van der Waals surface area (Å²) >= 11 is 3.26. The van der Waals surface area contributed by atoms with Gasteiger partial charge in [-0.05, 0) is 22.4 Å². The van der Waals surface area contributed by atoms with Crippen LogP contribution in [0.2, 0.25) is 0 Å². The van der Waals surface area contributed by atoms with E-state index >= 15 is 0 Å². The van der Waals surface area contributed by atoms with Crippen LogP contribution in [0.25, 0.3) is 16.9 Å². The first-order valence-electron chi connectivity index (χ1n) is 7.76. The third kappa shape index (κ3) is 2.93. The molecular formula is C14H17BrN6O3. The highest BCUT2D eigenvalue weighted by Crippen LogP contribution is 2.16. The molecule has 3 aromatic heterocycles. The summed E-state index contributed by atoms with van der Waals surface area (Å²) in [5, 5.41) is 17.0. The Bertz CT molecular complexity index is 957. The van der Waals surface area contributed by atoms with Gasteiger partial charge < -0.3 is 10.1 Å². The maximum atomic E-state index is 12.7. The number of aryl methyl sites for hydroxylation is 2. The highest BCUT2D eigenvalue weighted by atomic mass is 79.9. The van der Waals surface area contributed by atoms with E-state index in [9.17, 15) is 9.59 Å². The number of carboxylic acids is 1. The van der Waals surface area contributed by atoms with Crippen LogP contribution in [-0.4, -0.2) is 40.2 Å². The van der Waals surface area contributed by atoms with E-state index in [1.807, 2.05) is 4.57 Å². The minimum atomic E-state index is -0.944. The van der Waals surface area contributed by atoms with E-state index in [0.29, 0.717) is 34.0 Å². The summed E-state index contributed by atoms with van der Waals surface area (Å²) in [7, 11) is 0. The zero-order chi connectivity index (χ0) is 17.3. The van der Waals surface area contributed by atoms with Crippen molar-refractivity contribution >= 4 is 38.8 Å². The normalized spacial score (nSPS) is 11.6. The summed E-state index contributed by atoms with van der Waals surface area (Å²) in [5.74, 6) is -0.211. The lowest BCUT2D eigenvalue weighted by Gasteiger charge is -2.09. The van der Waals surface area contributed by atoms with Gasteiger partial charge in [0.05, 0.1) is 6.42 Å². The van der Waals surface area contributed by atoms with Gasteiger partial charge in [0.2, 0.25) is 5.78 Å². The Balaban J connectivity index is 2.19. The second kappa shape index (κ2) is 6.71. The Morgan fingerprint density at radius 1 is 1.33 bits per heavy atom. The molecule has 3 heterocycles. The number of fused-ring (bicyclic) bond motifs is 2. The zero-order valence-corrected chi connectivity index (χ0v) is 14.7. The summed E-state index contributed by atoms with van der Waals surface area (Å²) in [6, 6.07) is 0. The Hall–Kier alpha value is -2.23. The Morgan fingerprint density at radius 3 is 2.83 bits per heavy atom. The number of aliphatic carboxylic acids is 1. The van der Waals surface area contributed by atoms with Gasteiger partial charge in [-0.25, -0.2) is 9.38 Å².